The molecule has 99 heavy (non-hydrogen) atoms. The van der Waals surface area contributed by atoms with Crippen molar-refractivity contribution >= 4 is 11.8 Å². The molecule has 0 spiro atoms. The molecule has 2 unspecified atom stereocenters. The van der Waals surface area contributed by atoms with Crippen molar-refractivity contribution in [2.75, 3.05) is 396 Å². The second-order valence-electron chi connectivity index (χ2n) is 19.8. The highest BCUT2D eigenvalue weighted by atomic mass is 32.2. The third-order valence-electron chi connectivity index (χ3n) is 11.8. The van der Waals surface area contributed by atoms with Crippen molar-refractivity contribution in [1.82, 2.24) is 0 Å². The van der Waals surface area contributed by atoms with E-state index in [4.69, 9.17) is 147 Å². The van der Waals surface area contributed by atoms with E-state index in [-0.39, 0.29) is 26.4 Å². The van der Waals surface area contributed by atoms with Crippen LogP contribution in [0.25, 0.3) is 0 Å². The molecule has 0 aliphatic carbocycles. The van der Waals surface area contributed by atoms with E-state index in [1.807, 2.05) is 0 Å². The van der Waals surface area contributed by atoms with Gasteiger partial charge in [0.2, 0.25) is 0 Å². The largest absolute Gasteiger partial charge is 0.394 e. The topological polar surface area (TPSA) is 317 Å². The van der Waals surface area contributed by atoms with Crippen LogP contribution in [0.2, 0.25) is 0 Å². The van der Waals surface area contributed by atoms with Crippen LogP contribution in [0.15, 0.2) is 25.3 Å². The Morgan fingerprint density at radius 1 is 0.192 bits per heavy atom. The normalized spacial score (nSPS) is 12.4. The summed E-state index contributed by atoms with van der Waals surface area (Å²) in [5, 5.41) is 18.6. The van der Waals surface area contributed by atoms with Gasteiger partial charge in [0.05, 0.1) is 396 Å². The first-order valence-corrected chi connectivity index (χ1v) is 35.7. The fraction of sp³-hybridized carbons (Fsp3) is 0.939. The van der Waals surface area contributed by atoms with Crippen molar-refractivity contribution in [3.05, 3.63) is 25.3 Å². The first-order chi connectivity index (χ1) is 49.3. The Balaban J connectivity index is 3.45. The molecule has 0 aromatic heterocycles. The maximum absolute atomic E-state index is 9.96. The van der Waals surface area contributed by atoms with Crippen molar-refractivity contribution in [2.45, 2.75) is 10.9 Å². The zero-order valence-electron chi connectivity index (χ0n) is 59.7. The molecule has 0 rings (SSSR count). The van der Waals surface area contributed by atoms with Crippen LogP contribution in [-0.2, 0) is 142 Å². The number of thioether (sulfide) groups is 1. The van der Waals surface area contributed by atoms with E-state index < -0.39 is 10.9 Å². The Labute approximate surface area is 594 Å². The van der Waals surface area contributed by atoms with Crippen LogP contribution in [0.3, 0.4) is 0 Å². The molecule has 0 heterocycles. The Morgan fingerprint density at radius 3 is 0.515 bits per heavy atom. The van der Waals surface area contributed by atoms with Crippen LogP contribution < -0.4 is 0 Å². The predicted molar refractivity (Wildman–Crippen MR) is 365 cm³/mol. The lowest BCUT2D eigenvalue weighted by atomic mass is 10.6. The smallest absolute Gasteiger partial charge is 0.129 e. The van der Waals surface area contributed by atoms with Crippen molar-refractivity contribution in [1.29, 1.82) is 0 Å². The summed E-state index contributed by atoms with van der Waals surface area (Å²) >= 11 is 1.32. The standard InChI is InChI=1S/C66H130O32S/c1-3-6-69-9-11-71-13-15-73-17-19-75-21-23-77-25-27-79-29-31-81-33-34-83-36-38-85-40-42-87-44-46-89-48-50-91-52-54-93-56-58-95-60-62-98-66(64-96-7-4-2)99-65(63-68)97-61-59-94-57-55-92-53-51-90-49-47-88-45-43-86-41-39-84-37-35-82-32-30-80-28-26-78-24-22-76-20-18-74-16-14-72-12-10-70-8-5-67/h3-4,65-68H,1-2,5-64H2. The molecule has 0 bridgehead atoms. The molecular formula is C66H130O32S. The predicted octanol–water partition coefficient (Wildman–Crippen LogP) is 1.23. The zero-order valence-corrected chi connectivity index (χ0v) is 60.5. The molecule has 0 aliphatic rings. The molecule has 0 aromatic rings. The minimum Gasteiger partial charge on any atom is -0.394 e. The van der Waals surface area contributed by atoms with Crippen LogP contribution >= 0.6 is 11.8 Å². The highest BCUT2D eigenvalue weighted by Crippen LogP contribution is 2.21. The second-order valence-corrected chi connectivity index (χ2v) is 21.1. The van der Waals surface area contributed by atoms with Gasteiger partial charge in [0.15, 0.2) is 0 Å². The van der Waals surface area contributed by atoms with E-state index in [1.165, 1.54) is 11.8 Å². The van der Waals surface area contributed by atoms with Crippen molar-refractivity contribution < 1.29 is 152 Å². The van der Waals surface area contributed by atoms with Crippen molar-refractivity contribution in [3.8, 4) is 0 Å². The molecule has 32 nitrogen and oxygen atoms in total. The molecule has 0 radical (unpaired) electrons. The molecule has 2 atom stereocenters. The fourth-order valence-electron chi connectivity index (χ4n) is 6.99. The third-order valence-corrected chi connectivity index (χ3v) is 12.9. The Bertz CT molecular complexity index is 1470. The monoisotopic (exact) mass is 1470 g/mol. The van der Waals surface area contributed by atoms with Crippen LogP contribution in [0, 0.1) is 0 Å². The van der Waals surface area contributed by atoms with Crippen molar-refractivity contribution in [2.24, 2.45) is 0 Å². The zero-order chi connectivity index (χ0) is 70.9. The van der Waals surface area contributed by atoms with Gasteiger partial charge < -0.3 is 152 Å². The summed E-state index contributed by atoms with van der Waals surface area (Å²) in [4.78, 5) is 0. The van der Waals surface area contributed by atoms with Gasteiger partial charge in [-0.3, -0.25) is 0 Å². The summed E-state index contributed by atoms with van der Waals surface area (Å²) in [6, 6.07) is 0. The van der Waals surface area contributed by atoms with Gasteiger partial charge >= 0.3 is 0 Å². The molecular weight excluding hydrogens is 1340 g/mol. The first kappa shape index (κ1) is 97.5. The van der Waals surface area contributed by atoms with E-state index in [0.717, 1.165) is 0 Å². The van der Waals surface area contributed by atoms with Gasteiger partial charge in [-0.2, -0.15) is 0 Å². The van der Waals surface area contributed by atoms with Gasteiger partial charge in [0.1, 0.15) is 10.9 Å². The van der Waals surface area contributed by atoms with Gasteiger partial charge in [-0.05, 0) is 0 Å². The molecule has 0 amide bonds. The van der Waals surface area contributed by atoms with Gasteiger partial charge in [-0.25, -0.2) is 0 Å². The van der Waals surface area contributed by atoms with E-state index in [1.54, 1.807) is 12.2 Å². The molecule has 0 aromatic carbocycles. The van der Waals surface area contributed by atoms with Gasteiger partial charge in [-0.1, -0.05) is 23.9 Å². The number of rotatable bonds is 94. The van der Waals surface area contributed by atoms with Gasteiger partial charge in [0, 0.05) is 0 Å². The van der Waals surface area contributed by atoms with Gasteiger partial charge in [0.25, 0.3) is 0 Å². The summed E-state index contributed by atoms with van der Waals surface area (Å²) in [5.74, 6) is 0. The summed E-state index contributed by atoms with van der Waals surface area (Å²) < 4.78 is 166. The lowest BCUT2D eigenvalue weighted by Gasteiger charge is -2.22. The third kappa shape index (κ3) is 88.9. The van der Waals surface area contributed by atoms with Crippen molar-refractivity contribution in [3.63, 3.8) is 0 Å². The average molecular weight is 1470 g/mol. The SMILES string of the molecule is C=CCOCCOCCOCCOCCOCCOCCOCCOCCOCCOCCOCCOCCOCCOCCOC(COCC=C)SC(CO)OCCOCCOCCOCCOCCOCCOCCOCCOCCOCCOCCOCCOCCOCCO. The number of aliphatic hydroxyl groups excluding tert-OH is 2. The van der Waals surface area contributed by atoms with E-state index >= 15 is 0 Å². The summed E-state index contributed by atoms with van der Waals surface area (Å²) in [6.45, 7) is 33.5. The van der Waals surface area contributed by atoms with E-state index in [2.05, 4.69) is 13.2 Å². The molecule has 33 heteroatoms. The average Bonchev–Trinajstić information content (AvgIpc) is 3.31. The van der Waals surface area contributed by atoms with E-state index in [9.17, 15) is 5.11 Å². The van der Waals surface area contributed by atoms with Crippen LogP contribution in [0.5, 0.6) is 0 Å². The lowest BCUT2D eigenvalue weighted by molar-refractivity contribution is -0.0316. The second kappa shape index (κ2) is 92.6. The minimum absolute atomic E-state index is 0.0131. The molecule has 0 saturated carbocycles. The Hall–Kier alpha value is -1.45. The highest BCUT2D eigenvalue weighted by molar-refractivity contribution is 8.00. The quantitative estimate of drug-likeness (QED) is 0.0491. The first-order valence-electron chi connectivity index (χ1n) is 34.8. The van der Waals surface area contributed by atoms with Crippen LogP contribution in [0.1, 0.15) is 0 Å². The maximum Gasteiger partial charge on any atom is 0.129 e. The maximum atomic E-state index is 9.96. The highest BCUT2D eigenvalue weighted by Gasteiger charge is 2.19. The Kier molecular flexibility index (Phi) is 91.3. The summed E-state index contributed by atoms with van der Waals surface area (Å²) in [7, 11) is 0. The van der Waals surface area contributed by atoms with E-state index in [0.29, 0.717) is 370 Å². The fourth-order valence-corrected chi connectivity index (χ4v) is 7.94. The molecule has 592 valence electrons. The Morgan fingerprint density at radius 2 is 0.343 bits per heavy atom. The molecule has 0 aliphatic heterocycles. The lowest BCUT2D eigenvalue weighted by Crippen LogP contribution is -2.26. The summed E-state index contributed by atoms with van der Waals surface area (Å²) in [5.41, 5.74) is -0.939. The summed E-state index contributed by atoms with van der Waals surface area (Å²) in [6.07, 6.45) is 3.37. The van der Waals surface area contributed by atoms with Crippen LogP contribution in [-0.4, -0.2) is 417 Å². The number of hydrogen-bond acceptors (Lipinski definition) is 33. The number of ether oxygens (including phenoxy) is 30. The van der Waals surface area contributed by atoms with Gasteiger partial charge in [-0.15, -0.1) is 13.2 Å². The number of hydrogen-bond donors (Lipinski definition) is 2. The number of aliphatic hydroxyl groups is 2. The molecule has 0 saturated heterocycles. The van der Waals surface area contributed by atoms with Crippen LogP contribution in [0.4, 0.5) is 0 Å². The minimum atomic E-state index is -0.539. The molecule has 0 fully saturated rings. The molecule has 2 N–H and O–H groups in total.